The number of likely N-dealkylation sites (tertiary alicyclic amines) is 1. The lowest BCUT2D eigenvalue weighted by atomic mass is 10.1. The Balaban J connectivity index is 1.64. The molecule has 0 unspecified atom stereocenters. The number of benzene rings is 1. The Morgan fingerprint density at radius 3 is 2.79 bits per heavy atom. The topological polar surface area (TPSA) is 97.6 Å². The molecule has 29 heavy (non-hydrogen) atoms. The number of nitrogens with zero attached hydrogens (tertiary/aromatic N) is 4. The number of carbonyl (C=O) groups excluding carboxylic acids is 1. The highest BCUT2D eigenvalue weighted by Gasteiger charge is 2.25. The summed E-state index contributed by atoms with van der Waals surface area (Å²) in [6.07, 6.45) is 7.56. The fraction of sp³-hybridized carbons (Fsp3) is 0.333. The lowest BCUT2D eigenvalue weighted by molar-refractivity contribution is -0.128. The van der Waals surface area contributed by atoms with Gasteiger partial charge in [0.25, 0.3) is 5.88 Å². The number of piperidine rings is 1. The maximum Gasteiger partial charge on any atom is 0.251 e. The van der Waals surface area contributed by atoms with Crippen LogP contribution in [0.1, 0.15) is 24.1 Å². The van der Waals surface area contributed by atoms with Gasteiger partial charge in [-0.3, -0.25) is 4.79 Å². The van der Waals surface area contributed by atoms with Crippen molar-refractivity contribution >= 4 is 12.0 Å². The molecule has 0 N–H and O–H groups in total. The number of nitriles is 1. The Kier molecular flexibility index (Phi) is 6.63. The molecule has 1 aromatic carbocycles. The lowest BCUT2D eigenvalue weighted by Gasteiger charge is -2.32. The van der Waals surface area contributed by atoms with Crippen molar-refractivity contribution in [2.75, 3.05) is 27.3 Å². The molecular weight excluding hydrogens is 372 g/mol. The minimum atomic E-state index is -0.231. The molecule has 1 fully saturated rings. The molecular formula is C21H22N4O4. The highest BCUT2D eigenvalue weighted by Crippen LogP contribution is 2.28. The van der Waals surface area contributed by atoms with Crippen LogP contribution in [-0.2, 0) is 4.79 Å². The van der Waals surface area contributed by atoms with Gasteiger partial charge in [0.15, 0.2) is 11.5 Å². The molecule has 150 valence electrons. The number of hydrogen-bond acceptors (Lipinski definition) is 7. The summed E-state index contributed by atoms with van der Waals surface area (Å²) in [7, 11) is 3.14. The third kappa shape index (κ3) is 5.02. The fourth-order valence-electron chi connectivity index (χ4n) is 3.11. The SMILES string of the molecule is COc1ccc(/C=C/C(=O)N2CCC[C@H](Oc3nccnc3C#N)C2)cc1OC. The van der Waals surface area contributed by atoms with Crippen LogP contribution in [0.4, 0.5) is 0 Å². The zero-order valence-electron chi connectivity index (χ0n) is 16.4. The molecule has 0 radical (unpaired) electrons. The van der Waals surface area contributed by atoms with Gasteiger partial charge in [0.05, 0.1) is 20.8 Å². The van der Waals surface area contributed by atoms with E-state index in [1.54, 1.807) is 31.3 Å². The molecule has 0 aliphatic carbocycles. The van der Waals surface area contributed by atoms with Crippen molar-refractivity contribution < 1.29 is 19.0 Å². The molecule has 8 heteroatoms. The highest BCUT2D eigenvalue weighted by atomic mass is 16.5. The van der Waals surface area contributed by atoms with Gasteiger partial charge >= 0.3 is 0 Å². The van der Waals surface area contributed by atoms with Crippen molar-refractivity contribution in [2.24, 2.45) is 0 Å². The van der Waals surface area contributed by atoms with Crippen LogP contribution in [-0.4, -0.2) is 54.2 Å². The van der Waals surface area contributed by atoms with Gasteiger partial charge in [0.2, 0.25) is 11.6 Å². The molecule has 8 nitrogen and oxygen atoms in total. The van der Waals surface area contributed by atoms with Crippen molar-refractivity contribution in [1.82, 2.24) is 14.9 Å². The van der Waals surface area contributed by atoms with Gasteiger partial charge < -0.3 is 19.1 Å². The van der Waals surface area contributed by atoms with Gasteiger partial charge in [-0.15, -0.1) is 0 Å². The van der Waals surface area contributed by atoms with Gasteiger partial charge in [-0.2, -0.15) is 5.26 Å². The molecule has 1 saturated heterocycles. The Labute approximate surface area is 169 Å². The molecule has 1 amide bonds. The van der Waals surface area contributed by atoms with Gasteiger partial charge in [-0.25, -0.2) is 9.97 Å². The van der Waals surface area contributed by atoms with E-state index in [0.717, 1.165) is 18.4 Å². The van der Waals surface area contributed by atoms with E-state index in [0.29, 0.717) is 24.6 Å². The van der Waals surface area contributed by atoms with E-state index < -0.39 is 0 Å². The van der Waals surface area contributed by atoms with E-state index in [1.807, 2.05) is 18.2 Å². The zero-order valence-corrected chi connectivity index (χ0v) is 16.4. The van der Waals surface area contributed by atoms with Crippen molar-refractivity contribution in [2.45, 2.75) is 18.9 Å². The van der Waals surface area contributed by atoms with Crippen molar-refractivity contribution in [3.8, 4) is 23.4 Å². The minimum absolute atomic E-state index is 0.104. The lowest BCUT2D eigenvalue weighted by Crippen LogP contribution is -2.43. The molecule has 0 saturated carbocycles. The largest absolute Gasteiger partial charge is 0.493 e. The van der Waals surface area contributed by atoms with Crippen LogP contribution in [0, 0.1) is 11.3 Å². The summed E-state index contributed by atoms with van der Waals surface area (Å²) in [6.45, 7) is 1.08. The maximum atomic E-state index is 12.6. The molecule has 2 aromatic rings. The summed E-state index contributed by atoms with van der Waals surface area (Å²) in [6, 6.07) is 7.42. The fourth-order valence-corrected chi connectivity index (χ4v) is 3.11. The second kappa shape index (κ2) is 9.55. The first-order valence-electron chi connectivity index (χ1n) is 9.21. The molecule has 3 rings (SSSR count). The highest BCUT2D eigenvalue weighted by molar-refractivity contribution is 5.92. The third-order valence-electron chi connectivity index (χ3n) is 4.56. The number of amides is 1. The van der Waals surface area contributed by atoms with Gasteiger partial charge in [0.1, 0.15) is 12.2 Å². The first-order valence-corrected chi connectivity index (χ1v) is 9.21. The van der Waals surface area contributed by atoms with Crippen LogP contribution in [0.2, 0.25) is 0 Å². The van der Waals surface area contributed by atoms with E-state index in [2.05, 4.69) is 9.97 Å². The zero-order chi connectivity index (χ0) is 20.6. The summed E-state index contributed by atoms with van der Waals surface area (Å²) >= 11 is 0. The van der Waals surface area contributed by atoms with Crippen LogP contribution in [0.15, 0.2) is 36.7 Å². The van der Waals surface area contributed by atoms with Crippen LogP contribution >= 0.6 is 0 Å². The number of carbonyl (C=O) groups is 1. The molecule has 1 aliphatic rings. The molecule has 1 atom stereocenters. The van der Waals surface area contributed by atoms with E-state index in [1.165, 1.54) is 18.5 Å². The first-order chi connectivity index (χ1) is 14.1. The monoisotopic (exact) mass is 394 g/mol. The summed E-state index contributed by atoms with van der Waals surface area (Å²) in [4.78, 5) is 22.4. The molecule has 0 bridgehead atoms. The average molecular weight is 394 g/mol. The number of aromatic nitrogens is 2. The number of ether oxygens (including phenoxy) is 3. The number of hydrogen-bond donors (Lipinski definition) is 0. The Morgan fingerprint density at radius 2 is 2.03 bits per heavy atom. The van der Waals surface area contributed by atoms with E-state index in [-0.39, 0.29) is 23.6 Å². The van der Waals surface area contributed by atoms with Crippen LogP contribution < -0.4 is 14.2 Å². The summed E-state index contributed by atoms with van der Waals surface area (Å²) < 4.78 is 16.3. The summed E-state index contributed by atoms with van der Waals surface area (Å²) in [5, 5.41) is 9.11. The van der Waals surface area contributed by atoms with E-state index >= 15 is 0 Å². The molecule has 1 aliphatic heterocycles. The normalized spacial score (nSPS) is 16.3. The Hall–Kier alpha value is -3.60. The van der Waals surface area contributed by atoms with E-state index in [9.17, 15) is 4.79 Å². The van der Waals surface area contributed by atoms with Crippen molar-refractivity contribution in [3.05, 3.63) is 47.9 Å². The average Bonchev–Trinajstić information content (AvgIpc) is 2.77. The molecule has 0 spiro atoms. The van der Waals surface area contributed by atoms with Crippen LogP contribution in [0.5, 0.6) is 17.4 Å². The van der Waals surface area contributed by atoms with Crippen LogP contribution in [0.25, 0.3) is 6.08 Å². The third-order valence-corrected chi connectivity index (χ3v) is 4.56. The Morgan fingerprint density at radius 1 is 1.24 bits per heavy atom. The molecule has 2 heterocycles. The molecule has 1 aromatic heterocycles. The van der Waals surface area contributed by atoms with Crippen molar-refractivity contribution in [1.29, 1.82) is 5.26 Å². The number of rotatable bonds is 6. The smallest absolute Gasteiger partial charge is 0.251 e. The maximum absolute atomic E-state index is 12.6. The standard InChI is InChI=1S/C21H22N4O4/c1-27-18-7-5-15(12-19(18)28-2)6-8-20(26)25-11-3-4-16(14-25)29-21-17(13-22)23-9-10-24-21/h5-10,12,16H,3-4,11,14H2,1-2H3/b8-6+/t16-/m0/s1. The van der Waals surface area contributed by atoms with E-state index in [4.69, 9.17) is 19.5 Å². The van der Waals surface area contributed by atoms with Crippen LogP contribution in [0.3, 0.4) is 0 Å². The second-order valence-corrected chi connectivity index (χ2v) is 6.44. The Bertz CT molecular complexity index is 939. The minimum Gasteiger partial charge on any atom is -0.493 e. The van der Waals surface area contributed by atoms with Gasteiger partial charge in [-0.05, 0) is 36.6 Å². The summed E-state index contributed by atoms with van der Waals surface area (Å²) in [5.41, 5.74) is 0.975. The van der Waals surface area contributed by atoms with Gasteiger partial charge in [-0.1, -0.05) is 6.07 Å². The predicted molar refractivity (Wildman–Crippen MR) is 106 cm³/mol. The predicted octanol–water partition coefficient (Wildman–Crippen LogP) is 2.45. The van der Waals surface area contributed by atoms with Gasteiger partial charge in [0, 0.05) is 25.0 Å². The quantitative estimate of drug-likeness (QED) is 0.694. The second-order valence-electron chi connectivity index (χ2n) is 6.44. The van der Waals surface area contributed by atoms with Crippen molar-refractivity contribution in [3.63, 3.8) is 0 Å². The summed E-state index contributed by atoms with van der Waals surface area (Å²) in [5.74, 6) is 1.33. The first kappa shape index (κ1) is 20.1. The number of methoxy groups -OCH3 is 2.